The van der Waals surface area contributed by atoms with E-state index in [9.17, 15) is 9.90 Å². The van der Waals surface area contributed by atoms with Crippen molar-refractivity contribution in [2.45, 2.75) is 12.5 Å². The Hall–Kier alpha value is -1.75. The van der Waals surface area contributed by atoms with E-state index in [1.165, 1.54) is 0 Å². The molecule has 1 amide bonds. The molecule has 0 radical (unpaired) electrons. The van der Waals surface area contributed by atoms with Crippen LogP contribution in [-0.4, -0.2) is 55.8 Å². The number of hydrogen-bond donors (Lipinski definition) is 1. The number of benzene rings is 1. The maximum absolute atomic E-state index is 12.2. The van der Waals surface area contributed by atoms with Crippen LogP contribution >= 0.6 is 0 Å². The van der Waals surface area contributed by atoms with Gasteiger partial charge in [0.1, 0.15) is 11.8 Å². The predicted molar refractivity (Wildman–Crippen MR) is 73.5 cm³/mol. The van der Waals surface area contributed by atoms with Crippen LogP contribution in [0.2, 0.25) is 0 Å². The molecule has 1 saturated heterocycles. The van der Waals surface area contributed by atoms with Gasteiger partial charge in [0.05, 0.1) is 13.7 Å². The van der Waals surface area contributed by atoms with E-state index in [1.54, 1.807) is 19.1 Å². The number of likely N-dealkylation sites (N-methyl/N-ethyl adjacent to an activating group) is 1. The minimum absolute atomic E-state index is 0.0316. The van der Waals surface area contributed by atoms with E-state index in [0.717, 1.165) is 30.9 Å². The number of ether oxygens (including phenoxy) is 1. The van der Waals surface area contributed by atoms with Gasteiger partial charge in [-0.3, -0.25) is 4.79 Å². The summed E-state index contributed by atoms with van der Waals surface area (Å²) in [6.07, 6.45) is 0.894. The first kappa shape index (κ1) is 13.7. The highest BCUT2D eigenvalue weighted by Gasteiger charge is 2.30. The van der Waals surface area contributed by atoms with Crippen LogP contribution < -0.4 is 9.64 Å². The highest BCUT2D eigenvalue weighted by Crippen LogP contribution is 2.23. The maximum Gasteiger partial charge on any atom is 0.247 e. The number of methoxy groups -OCH3 is 1. The third kappa shape index (κ3) is 2.81. The molecule has 0 spiro atoms. The summed E-state index contributed by atoms with van der Waals surface area (Å²) in [5.41, 5.74) is 0.934. The lowest BCUT2D eigenvalue weighted by atomic mass is 10.2. The summed E-state index contributed by atoms with van der Waals surface area (Å²) in [5.74, 6) is 0.749. The zero-order valence-corrected chi connectivity index (χ0v) is 11.4. The number of nitrogens with zero attached hydrogens (tertiary/aromatic N) is 2. The number of amides is 1. The standard InChI is InChI=1S/C14H20N2O3/c1-15-8-3-9-16(13(10-17)14(15)18)11-4-6-12(19-2)7-5-11/h4-7,13,17H,3,8-10H2,1-2H3. The third-order valence-electron chi connectivity index (χ3n) is 3.51. The van der Waals surface area contributed by atoms with Crippen LogP contribution in [0.1, 0.15) is 6.42 Å². The topological polar surface area (TPSA) is 53.0 Å². The highest BCUT2D eigenvalue weighted by atomic mass is 16.5. The molecule has 1 aliphatic heterocycles. The Morgan fingerprint density at radius 3 is 2.58 bits per heavy atom. The lowest BCUT2D eigenvalue weighted by Gasteiger charge is -2.30. The van der Waals surface area contributed by atoms with Gasteiger partial charge in [0, 0.05) is 25.8 Å². The van der Waals surface area contributed by atoms with Crippen molar-refractivity contribution < 1.29 is 14.6 Å². The molecule has 0 aliphatic carbocycles. The molecule has 2 rings (SSSR count). The molecule has 0 saturated carbocycles. The van der Waals surface area contributed by atoms with Crippen molar-refractivity contribution in [3.8, 4) is 5.75 Å². The molecule has 0 bridgehead atoms. The van der Waals surface area contributed by atoms with Gasteiger partial charge in [-0.05, 0) is 30.7 Å². The molecular formula is C14H20N2O3. The molecule has 1 unspecified atom stereocenters. The van der Waals surface area contributed by atoms with E-state index < -0.39 is 6.04 Å². The molecule has 19 heavy (non-hydrogen) atoms. The van der Waals surface area contributed by atoms with Gasteiger partial charge in [0.15, 0.2) is 0 Å². The Balaban J connectivity index is 2.26. The van der Waals surface area contributed by atoms with E-state index >= 15 is 0 Å². The molecular weight excluding hydrogens is 244 g/mol. The minimum atomic E-state index is -0.499. The van der Waals surface area contributed by atoms with Crippen LogP contribution in [0.15, 0.2) is 24.3 Å². The Labute approximate surface area is 113 Å². The number of carbonyl (C=O) groups is 1. The number of carbonyl (C=O) groups excluding carboxylic acids is 1. The SMILES string of the molecule is COc1ccc(N2CCCN(C)C(=O)C2CO)cc1. The van der Waals surface area contributed by atoms with Crippen LogP contribution in [-0.2, 0) is 4.79 Å². The van der Waals surface area contributed by atoms with Crippen LogP contribution in [0.25, 0.3) is 0 Å². The van der Waals surface area contributed by atoms with Gasteiger partial charge < -0.3 is 19.6 Å². The zero-order valence-electron chi connectivity index (χ0n) is 11.4. The van der Waals surface area contributed by atoms with Crippen molar-refractivity contribution in [2.75, 3.05) is 38.8 Å². The first-order valence-corrected chi connectivity index (χ1v) is 6.44. The molecule has 104 valence electrons. The summed E-state index contributed by atoms with van der Waals surface area (Å²) >= 11 is 0. The quantitative estimate of drug-likeness (QED) is 0.874. The monoisotopic (exact) mass is 264 g/mol. The molecule has 1 fully saturated rings. The molecule has 1 aromatic carbocycles. The lowest BCUT2D eigenvalue weighted by molar-refractivity contribution is -0.131. The Morgan fingerprint density at radius 2 is 2.00 bits per heavy atom. The van der Waals surface area contributed by atoms with E-state index in [2.05, 4.69) is 0 Å². The second-order valence-electron chi connectivity index (χ2n) is 4.70. The first-order valence-electron chi connectivity index (χ1n) is 6.44. The molecule has 1 atom stereocenters. The largest absolute Gasteiger partial charge is 0.497 e. The van der Waals surface area contributed by atoms with Crippen molar-refractivity contribution in [3.05, 3.63) is 24.3 Å². The Bertz CT molecular complexity index is 433. The summed E-state index contributed by atoms with van der Waals surface area (Å²) < 4.78 is 5.13. The van der Waals surface area contributed by atoms with E-state index in [1.807, 2.05) is 29.2 Å². The average Bonchev–Trinajstić information content (AvgIpc) is 2.59. The lowest BCUT2D eigenvalue weighted by Crippen LogP contribution is -2.47. The van der Waals surface area contributed by atoms with Crippen LogP contribution in [0.5, 0.6) is 5.75 Å². The van der Waals surface area contributed by atoms with Gasteiger partial charge in [-0.2, -0.15) is 0 Å². The maximum atomic E-state index is 12.2. The molecule has 5 heteroatoms. The first-order chi connectivity index (χ1) is 9.17. The summed E-state index contributed by atoms with van der Waals surface area (Å²) in [5, 5.41) is 9.52. The molecule has 1 N–H and O–H groups in total. The van der Waals surface area contributed by atoms with Gasteiger partial charge in [-0.25, -0.2) is 0 Å². The molecule has 5 nitrogen and oxygen atoms in total. The molecule has 1 aromatic rings. The van der Waals surface area contributed by atoms with E-state index in [4.69, 9.17) is 4.74 Å². The number of aliphatic hydroxyl groups is 1. The Kier molecular flexibility index (Phi) is 4.27. The van der Waals surface area contributed by atoms with E-state index in [0.29, 0.717) is 0 Å². The third-order valence-corrected chi connectivity index (χ3v) is 3.51. The second kappa shape index (κ2) is 5.93. The smallest absolute Gasteiger partial charge is 0.247 e. The highest BCUT2D eigenvalue weighted by molar-refractivity contribution is 5.85. The van der Waals surface area contributed by atoms with E-state index in [-0.39, 0.29) is 12.5 Å². The van der Waals surface area contributed by atoms with Gasteiger partial charge in [-0.1, -0.05) is 0 Å². The number of aliphatic hydroxyl groups excluding tert-OH is 1. The fourth-order valence-electron chi connectivity index (χ4n) is 2.39. The van der Waals surface area contributed by atoms with Gasteiger partial charge in [0.25, 0.3) is 0 Å². The predicted octanol–water partition coefficient (Wildman–Crippen LogP) is 0.725. The van der Waals surface area contributed by atoms with Crippen molar-refractivity contribution in [3.63, 3.8) is 0 Å². The van der Waals surface area contributed by atoms with Gasteiger partial charge in [0.2, 0.25) is 5.91 Å². The van der Waals surface area contributed by atoms with Gasteiger partial charge >= 0.3 is 0 Å². The fraction of sp³-hybridized carbons (Fsp3) is 0.500. The zero-order chi connectivity index (χ0) is 13.8. The summed E-state index contributed by atoms with van der Waals surface area (Å²) in [6.45, 7) is 1.31. The summed E-state index contributed by atoms with van der Waals surface area (Å²) in [6, 6.07) is 7.06. The van der Waals surface area contributed by atoms with Crippen molar-refractivity contribution in [2.24, 2.45) is 0 Å². The van der Waals surface area contributed by atoms with Crippen LogP contribution in [0.4, 0.5) is 5.69 Å². The molecule has 1 heterocycles. The van der Waals surface area contributed by atoms with Crippen molar-refractivity contribution >= 4 is 11.6 Å². The number of hydrogen-bond acceptors (Lipinski definition) is 4. The average molecular weight is 264 g/mol. The minimum Gasteiger partial charge on any atom is -0.497 e. The van der Waals surface area contributed by atoms with Crippen molar-refractivity contribution in [1.82, 2.24) is 4.90 Å². The number of rotatable bonds is 3. The molecule has 0 aromatic heterocycles. The Morgan fingerprint density at radius 1 is 1.32 bits per heavy atom. The second-order valence-corrected chi connectivity index (χ2v) is 4.70. The van der Waals surface area contributed by atoms with Crippen LogP contribution in [0.3, 0.4) is 0 Å². The number of anilines is 1. The summed E-state index contributed by atoms with van der Waals surface area (Å²) in [4.78, 5) is 15.8. The van der Waals surface area contributed by atoms with Crippen molar-refractivity contribution in [1.29, 1.82) is 0 Å². The fourth-order valence-corrected chi connectivity index (χ4v) is 2.39. The molecule has 1 aliphatic rings. The summed E-state index contributed by atoms with van der Waals surface area (Å²) in [7, 11) is 3.40. The normalized spacial score (nSPS) is 20.4. The van der Waals surface area contributed by atoms with Crippen LogP contribution in [0, 0.1) is 0 Å². The van der Waals surface area contributed by atoms with Gasteiger partial charge in [-0.15, -0.1) is 0 Å².